The van der Waals surface area contributed by atoms with Gasteiger partial charge >= 0.3 is 5.97 Å². The number of ether oxygens (including phenoxy) is 1. The topological polar surface area (TPSA) is 35.5 Å². The zero-order valence-electron chi connectivity index (χ0n) is 11.7. The molecule has 0 saturated carbocycles. The van der Waals surface area contributed by atoms with Gasteiger partial charge in [-0.2, -0.15) is 0 Å². The van der Waals surface area contributed by atoms with Crippen molar-refractivity contribution in [3.63, 3.8) is 0 Å². The smallest absolute Gasteiger partial charge is 0.305 e. The Morgan fingerprint density at radius 3 is 2.35 bits per heavy atom. The Bertz CT molecular complexity index is 317. The van der Waals surface area contributed by atoms with Gasteiger partial charge in [0.15, 0.2) is 9.04 Å². The molecule has 0 saturated heterocycles. The van der Waals surface area contributed by atoms with Gasteiger partial charge in [-0.1, -0.05) is 26.8 Å². The van der Waals surface area contributed by atoms with Crippen molar-refractivity contribution in [1.82, 2.24) is 0 Å². The van der Waals surface area contributed by atoms with Crippen molar-refractivity contribution in [2.24, 2.45) is 11.3 Å². The molecule has 0 spiro atoms. The zero-order chi connectivity index (χ0) is 13.3. The Kier molecular flexibility index (Phi) is 4.20. The van der Waals surface area contributed by atoms with Crippen LogP contribution in [0.2, 0.25) is 13.1 Å². The summed E-state index contributed by atoms with van der Waals surface area (Å²) in [5.74, 6) is -0.696. The van der Waals surface area contributed by atoms with Crippen LogP contribution in [0.3, 0.4) is 0 Å². The predicted octanol–water partition coefficient (Wildman–Crippen LogP) is 2.87. The second-order valence-corrected chi connectivity index (χ2v) is 8.44. The lowest BCUT2D eigenvalue weighted by Crippen LogP contribution is -2.39. The maximum absolute atomic E-state index is 11.2. The number of rotatable bonds is 3. The molecule has 0 N–H and O–H groups in total. The minimum absolute atomic E-state index is 0.167. The van der Waals surface area contributed by atoms with E-state index in [1.165, 1.54) is 6.92 Å². The Morgan fingerprint density at radius 2 is 2.00 bits per heavy atom. The van der Waals surface area contributed by atoms with Crippen LogP contribution in [-0.2, 0) is 14.0 Å². The minimum Gasteiger partial charge on any atom is -0.430 e. The van der Waals surface area contributed by atoms with E-state index < -0.39 is 14.8 Å². The number of hydrogen-bond donors (Lipinski definition) is 0. The molecule has 98 valence electrons. The standard InChI is InChI=1S/C13H24O3Si/c1-10(14)15-13(16-17(5)6)8-7-11(9-13)12(2,3)4/h7-8,11,17H,9H2,1-6H3/t11-,13+/m1/s1. The Hall–Kier alpha value is -0.613. The normalized spacial score (nSPS) is 28.8. The van der Waals surface area contributed by atoms with Gasteiger partial charge in [-0.15, -0.1) is 0 Å². The van der Waals surface area contributed by atoms with Gasteiger partial charge in [0.05, 0.1) is 0 Å². The molecule has 0 radical (unpaired) electrons. The maximum Gasteiger partial charge on any atom is 0.305 e. The van der Waals surface area contributed by atoms with E-state index in [1.807, 2.05) is 6.08 Å². The first kappa shape index (κ1) is 14.4. The molecule has 1 rings (SSSR count). The third-order valence-corrected chi connectivity index (χ3v) is 3.82. The lowest BCUT2D eigenvalue weighted by atomic mass is 9.80. The van der Waals surface area contributed by atoms with Crippen LogP contribution in [0, 0.1) is 11.3 Å². The van der Waals surface area contributed by atoms with Crippen LogP contribution in [0.1, 0.15) is 34.1 Å². The van der Waals surface area contributed by atoms with E-state index in [0.717, 1.165) is 6.42 Å². The number of esters is 1. The fraction of sp³-hybridized carbons (Fsp3) is 0.769. The van der Waals surface area contributed by atoms with E-state index in [9.17, 15) is 4.79 Å². The Balaban J connectivity index is 2.83. The van der Waals surface area contributed by atoms with Crippen molar-refractivity contribution in [1.29, 1.82) is 0 Å². The molecule has 0 aromatic carbocycles. The van der Waals surface area contributed by atoms with Crippen molar-refractivity contribution < 1.29 is 14.0 Å². The van der Waals surface area contributed by atoms with Crippen LogP contribution in [-0.4, -0.2) is 20.8 Å². The van der Waals surface area contributed by atoms with Crippen LogP contribution < -0.4 is 0 Å². The summed E-state index contributed by atoms with van der Waals surface area (Å²) in [5, 5.41) is 0. The molecule has 0 unspecified atom stereocenters. The van der Waals surface area contributed by atoms with Crippen LogP contribution in [0.4, 0.5) is 0 Å². The molecular weight excluding hydrogens is 232 g/mol. The summed E-state index contributed by atoms with van der Waals surface area (Å²) in [5.41, 5.74) is 0.167. The molecule has 0 heterocycles. The third-order valence-electron chi connectivity index (χ3n) is 2.95. The number of carbonyl (C=O) groups is 1. The molecule has 0 aliphatic heterocycles. The highest BCUT2D eigenvalue weighted by molar-refractivity contribution is 6.48. The van der Waals surface area contributed by atoms with Gasteiger partial charge in [0.25, 0.3) is 0 Å². The van der Waals surface area contributed by atoms with E-state index in [2.05, 4.69) is 39.9 Å². The molecule has 0 aromatic rings. The van der Waals surface area contributed by atoms with Gasteiger partial charge in [0.1, 0.15) is 0 Å². The molecule has 3 nitrogen and oxygen atoms in total. The first-order chi connectivity index (χ1) is 7.65. The molecule has 17 heavy (non-hydrogen) atoms. The fourth-order valence-corrected chi connectivity index (χ4v) is 3.15. The van der Waals surface area contributed by atoms with Gasteiger partial charge in [-0.3, -0.25) is 4.79 Å². The summed E-state index contributed by atoms with van der Waals surface area (Å²) in [6.45, 7) is 12.2. The average molecular weight is 256 g/mol. The fourth-order valence-electron chi connectivity index (χ4n) is 2.13. The molecule has 0 fully saturated rings. The molecule has 0 amide bonds. The lowest BCUT2D eigenvalue weighted by molar-refractivity contribution is -0.183. The molecule has 1 aliphatic carbocycles. The van der Waals surface area contributed by atoms with E-state index in [4.69, 9.17) is 9.16 Å². The van der Waals surface area contributed by atoms with Gasteiger partial charge in [0.2, 0.25) is 5.79 Å². The van der Waals surface area contributed by atoms with Gasteiger partial charge in [0, 0.05) is 13.3 Å². The van der Waals surface area contributed by atoms with Crippen LogP contribution in [0.25, 0.3) is 0 Å². The Morgan fingerprint density at radius 1 is 1.41 bits per heavy atom. The van der Waals surface area contributed by atoms with Crippen molar-refractivity contribution in [3.8, 4) is 0 Å². The van der Waals surface area contributed by atoms with Crippen LogP contribution in [0.15, 0.2) is 12.2 Å². The van der Waals surface area contributed by atoms with E-state index in [0.29, 0.717) is 5.92 Å². The van der Waals surface area contributed by atoms with E-state index in [1.54, 1.807) is 0 Å². The molecule has 1 aliphatic rings. The molecule has 0 bridgehead atoms. The summed E-state index contributed by atoms with van der Waals surface area (Å²) in [7, 11) is -1.26. The first-order valence-corrected chi connectivity index (χ1v) is 8.99. The summed E-state index contributed by atoms with van der Waals surface area (Å²) in [6.07, 6.45) is 4.79. The second-order valence-electron chi connectivity index (χ2n) is 6.11. The molecule has 4 heteroatoms. The maximum atomic E-state index is 11.2. The largest absolute Gasteiger partial charge is 0.430 e. The van der Waals surface area contributed by atoms with Crippen molar-refractivity contribution in [2.45, 2.75) is 53.0 Å². The second kappa shape index (κ2) is 4.94. The third kappa shape index (κ3) is 3.96. The van der Waals surface area contributed by atoms with Crippen molar-refractivity contribution in [3.05, 3.63) is 12.2 Å². The number of hydrogen-bond acceptors (Lipinski definition) is 3. The monoisotopic (exact) mass is 256 g/mol. The van der Waals surface area contributed by atoms with Crippen molar-refractivity contribution >= 4 is 15.0 Å². The van der Waals surface area contributed by atoms with Gasteiger partial charge in [-0.05, 0) is 30.5 Å². The zero-order valence-corrected chi connectivity index (χ0v) is 12.9. The average Bonchev–Trinajstić information content (AvgIpc) is 2.44. The Labute approximate surface area is 106 Å². The quantitative estimate of drug-likeness (QED) is 0.337. The summed E-state index contributed by atoms with van der Waals surface area (Å²) in [4.78, 5) is 11.2. The summed E-state index contributed by atoms with van der Waals surface area (Å²) < 4.78 is 11.4. The highest BCUT2D eigenvalue weighted by Crippen LogP contribution is 2.41. The van der Waals surface area contributed by atoms with E-state index >= 15 is 0 Å². The highest BCUT2D eigenvalue weighted by atomic mass is 28.3. The number of allylic oxidation sites excluding steroid dienone is 1. The predicted molar refractivity (Wildman–Crippen MR) is 71.2 cm³/mol. The van der Waals surface area contributed by atoms with E-state index in [-0.39, 0.29) is 11.4 Å². The lowest BCUT2D eigenvalue weighted by Gasteiger charge is -2.33. The molecule has 0 aromatic heterocycles. The van der Waals surface area contributed by atoms with Gasteiger partial charge < -0.3 is 9.16 Å². The van der Waals surface area contributed by atoms with Gasteiger partial charge in [-0.25, -0.2) is 0 Å². The minimum atomic E-state index is -1.26. The van der Waals surface area contributed by atoms with Crippen LogP contribution >= 0.6 is 0 Å². The SMILES string of the molecule is CC(=O)O[C@]1(O[SiH](C)C)C=C[C@@H](C(C)(C)C)C1. The molecular formula is C13H24O3Si. The highest BCUT2D eigenvalue weighted by Gasteiger charge is 2.42. The first-order valence-electron chi connectivity index (χ1n) is 6.21. The summed E-state index contributed by atoms with van der Waals surface area (Å²) in [6, 6.07) is 0. The van der Waals surface area contributed by atoms with Crippen molar-refractivity contribution in [2.75, 3.05) is 0 Å². The summed E-state index contributed by atoms with van der Waals surface area (Å²) >= 11 is 0. The molecule has 2 atom stereocenters. The van der Waals surface area contributed by atoms with Crippen LogP contribution in [0.5, 0.6) is 0 Å². The number of carbonyl (C=O) groups excluding carboxylic acids is 1.